The number of ether oxygens (including phenoxy) is 1. The van der Waals surface area contributed by atoms with Crippen LogP contribution in [0.2, 0.25) is 0 Å². The van der Waals surface area contributed by atoms with Gasteiger partial charge in [0.1, 0.15) is 6.04 Å². The van der Waals surface area contributed by atoms with Gasteiger partial charge >= 0.3 is 5.97 Å². The van der Waals surface area contributed by atoms with Crippen molar-refractivity contribution < 1.29 is 14.1 Å². The first-order valence-electron chi connectivity index (χ1n) is 9.99. The number of hydrogen-bond acceptors (Lipinski definition) is 5. The fourth-order valence-corrected chi connectivity index (χ4v) is 3.95. The maximum Gasteiger partial charge on any atom is 0.308 e. The third-order valence-corrected chi connectivity index (χ3v) is 5.70. The van der Waals surface area contributed by atoms with E-state index in [1.165, 1.54) is 0 Å². The summed E-state index contributed by atoms with van der Waals surface area (Å²) in [6.07, 6.45) is 0.107. The van der Waals surface area contributed by atoms with Crippen molar-refractivity contribution in [3.63, 3.8) is 0 Å². The number of esters is 1. The molecular weight excluding hydrogens is 491 g/mol. The third-order valence-electron chi connectivity index (χ3n) is 4.98. The molecule has 1 aliphatic rings. The molecule has 1 atom stereocenters. The Morgan fingerprint density at radius 1 is 1.13 bits per heavy atom. The smallest absolute Gasteiger partial charge is 0.308 e. The maximum atomic E-state index is 12.6. The Bertz CT molecular complexity index is 1100. The standard InChI is InChI=1S/C24H23IN2O3/c1-14(2)13-29-21(28)12-20-24-22(15(3)27-30-24)18-6-4-5-7-19(18)23(26-20)16-8-10-17(25)11-9-16/h4-11,14,20H,12-13H2,1-3H3/t20-/m1/s1. The summed E-state index contributed by atoms with van der Waals surface area (Å²) < 4.78 is 12.3. The summed E-state index contributed by atoms with van der Waals surface area (Å²) in [6, 6.07) is 15.8. The highest BCUT2D eigenvalue weighted by atomic mass is 127. The highest BCUT2D eigenvalue weighted by Gasteiger charge is 2.31. The Labute approximate surface area is 189 Å². The normalized spacial score (nSPS) is 15.2. The minimum Gasteiger partial charge on any atom is -0.465 e. The predicted molar refractivity (Wildman–Crippen MR) is 125 cm³/mol. The first-order valence-corrected chi connectivity index (χ1v) is 11.1. The highest BCUT2D eigenvalue weighted by molar-refractivity contribution is 14.1. The van der Waals surface area contributed by atoms with Crippen molar-refractivity contribution >= 4 is 34.3 Å². The van der Waals surface area contributed by atoms with Crippen LogP contribution in [0, 0.1) is 16.4 Å². The molecule has 154 valence electrons. The van der Waals surface area contributed by atoms with Crippen molar-refractivity contribution in [3.8, 4) is 11.1 Å². The molecule has 30 heavy (non-hydrogen) atoms. The maximum absolute atomic E-state index is 12.6. The summed E-state index contributed by atoms with van der Waals surface area (Å²) in [7, 11) is 0. The average molecular weight is 514 g/mol. The van der Waals surface area contributed by atoms with Crippen LogP contribution >= 0.6 is 22.6 Å². The number of aliphatic imine (C=N–C) groups is 1. The molecule has 3 aromatic rings. The lowest BCUT2D eigenvalue weighted by atomic mass is 9.93. The van der Waals surface area contributed by atoms with Gasteiger partial charge in [-0.15, -0.1) is 0 Å². The number of fused-ring (bicyclic) bond motifs is 3. The number of carbonyl (C=O) groups excluding carboxylic acids is 1. The average Bonchev–Trinajstić information content (AvgIpc) is 3.05. The number of hydrogen-bond donors (Lipinski definition) is 0. The van der Waals surface area contributed by atoms with Gasteiger partial charge < -0.3 is 9.26 Å². The summed E-state index contributed by atoms with van der Waals surface area (Å²) >= 11 is 2.29. The first kappa shape index (κ1) is 20.8. The van der Waals surface area contributed by atoms with Crippen LogP contribution in [0.4, 0.5) is 0 Å². The topological polar surface area (TPSA) is 64.7 Å². The minimum atomic E-state index is -0.498. The number of halogens is 1. The van der Waals surface area contributed by atoms with E-state index in [1.807, 2.05) is 32.9 Å². The van der Waals surface area contributed by atoms with E-state index in [-0.39, 0.29) is 18.3 Å². The van der Waals surface area contributed by atoms with Crippen LogP contribution in [0.25, 0.3) is 11.1 Å². The van der Waals surface area contributed by atoms with Crippen LogP contribution in [0.15, 0.2) is 58.0 Å². The molecule has 0 saturated heterocycles. The number of aryl methyl sites for hydroxylation is 1. The molecule has 4 rings (SSSR count). The molecule has 0 unspecified atom stereocenters. The number of nitrogens with zero attached hydrogens (tertiary/aromatic N) is 2. The van der Waals surface area contributed by atoms with Crippen molar-refractivity contribution in [2.75, 3.05) is 6.61 Å². The fraction of sp³-hybridized carbons (Fsp3) is 0.292. The molecule has 2 aromatic carbocycles. The van der Waals surface area contributed by atoms with Gasteiger partial charge in [-0.1, -0.05) is 55.4 Å². The predicted octanol–water partition coefficient (Wildman–Crippen LogP) is 5.74. The van der Waals surface area contributed by atoms with Crippen LogP contribution in [-0.2, 0) is 9.53 Å². The zero-order valence-electron chi connectivity index (χ0n) is 17.2. The van der Waals surface area contributed by atoms with E-state index < -0.39 is 6.04 Å². The second-order valence-electron chi connectivity index (χ2n) is 7.83. The number of rotatable bonds is 5. The quantitative estimate of drug-likeness (QED) is 0.322. The van der Waals surface area contributed by atoms with Crippen LogP contribution in [0.3, 0.4) is 0 Å². The molecule has 5 nitrogen and oxygen atoms in total. The fourth-order valence-electron chi connectivity index (χ4n) is 3.59. The van der Waals surface area contributed by atoms with E-state index in [1.54, 1.807) is 0 Å². The molecule has 0 fully saturated rings. The third kappa shape index (κ3) is 4.19. The molecular formula is C24H23IN2O3. The van der Waals surface area contributed by atoms with Crippen molar-refractivity contribution in [1.82, 2.24) is 5.16 Å². The van der Waals surface area contributed by atoms with Crippen LogP contribution < -0.4 is 0 Å². The van der Waals surface area contributed by atoms with Gasteiger partial charge in [0.05, 0.1) is 30.0 Å². The van der Waals surface area contributed by atoms with Gasteiger partial charge in [-0.05, 0) is 53.1 Å². The molecule has 1 aromatic heterocycles. The van der Waals surface area contributed by atoms with E-state index in [0.717, 1.165) is 37.2 Å². The monoisotopic (exact) mass is 514 g/mol. The van der Waals surface area contributed by atoms with Crippen LogP contribution in [0.1, 0.15) is 48.9 Å². The summed E-state index contributed by atoms with van der Waals surface area (Å²) in [5.41, 5.74) is 5.56. The molecule has 1 aliphatic heterocycles. The van der Waals surface area contributed by atoms with Gasteiger partial charge in [-0.25, -0.2) is 0 Å². The second-order valence-corrected chi connectivity index (χ2v) is 9.08. The van der Waals surface area contributed by atoms with Gasteiger partial charge in [0.25, 0.3) is 0 Å². The van der Waals surface area contributed by atoms with E-state index >= 15 is 0 Å². The van der Waals surface area contributed by atoms with Crippen molar-refractivity contribution in [2.45, 2.75) is 33.2 Å². The zero-order chi connectivity index (χ0) is 21.3. The Morgan fingerprint density at radius 3 is 2.53 bits per heavy atom. The minimum absolute atomic E-state index is 0.107. The molecule has 2 heterocycles. The Morgan fingerprint density at radius 2 is 1.83 bits per heavy atom. The van der Waals surface area contributed by atoms with Gasteiger partial charge in [0.2, 0.25) is 0 Å². The first-order chi connectivity index (χ1) is 14.4. The summed E-state index contributed by atoms with van der Waals surface area (Å²) in [6.45, 7) is 6.34. The number of benzene rings is 2. The summed E-state index contributed by atoms with van der Waals surface area (Å²) in [5, 5.41) is 4.18. The Hall–Kier alpha value is -2.48. The lowest BCUT2D eigenvalue weighted by Gasteiger charge is -2.13. The van der Waals surface area contributed by atoms with Gasteiger partial charge in [0.15, 0.2) is 5.76 Å². The highest BCUT2D eigenvalue weighted by Crippen LogP contribution is 2.40. The van der Waals surface area contributed by atoms with E-state index in [9.17, 15) is 4.79 Å². The molecule has 0 spiro atoms. The number of aromatic nitrogens is 1. The zero-order valence-corrected chi connectivity index (χ0v) is 19.3. The van der Waals surface area contributed by atoms with Gasteiger partial charge in [-0.3, -0.25) is 9.79 Å². The molecule has 0 amide bonds. The lowest BCUT2D eigenvalue weighted by Crippen LogP contribution is -2.14. The Balaban J connectivity index is 1.83. The summed E-state index contributed by atoms with van der Waals surface area (Å²) in [4.78, 5) is 17.6. The van der Waals surface area contributed by atoms with Gasteiger partial charge in [0, 0.05) is 14.7 Å². The lowest BCUT2D eigenvalue weighted by molar-refractivity contribution is -0.145. The van der Waals surface area contributed by atoms with E-state index in [4.69, 9.17) is 14.3 Å². The van der Waals surface area contributed by atoms with Crippen molar-refractivity contribution in [1.29, 1.82) is 0 Å². The molecule has 0 radical (unpaired) electrons. The molecule has 0 bridgehead atoms. The second kappa shape index (κ2) is 8.71. The molecule has 0 N–H and O–H groups in total. The van der Waals surface area contributed by atoms with Crippen LogP contribution in [-0.4, -0.2) is 23.4 Å². The van der Waals surface area contributed by atoms with Gasteiger partial charge in [-0.2, -0.15) is 0 Å². The Kier molecular flexibility index (Phi) is 6.04. The molecule has 6 heteroatoms. The SMILES string of the molecule is Cc1noc2c1-c1ccccc1C(c1ccc(I)cc1)=N[C@@H]2CC(=O)OCC(C)C. The van der Waals surface area contributed by atoms with Crippen molar-refractivity contribution in [2.24, 2.45) is 10.9 Å². The van der Waals surface area contributed by atoms with E-state index in [2.05, 4.69) is 64.1 Å². The molecule has 0 aliphatic carbocycles. The number of carbonyl (C=O) groups is 1. The largest absolute Gasteiger partial charge is 0.465 e. The van der Waals surface area contributed by atoms with E-state index in [0.29, 0.717) is 12.4 Å². The summed E-state index contributed by atoms with van der Waals surface area (Å²) in [5.74, 6) is 0.605. The molecule has 0 saturated carbocycles. The van der Waals surface area contributed by atoms with Crippen LogP contribution in [0.5, 0.6) is 0 Å². The van der Waals surface area contributed by atoms with Crippen molar-refractivity contribution in [3.05, 3.63) is 74.7 Å².